The Balaban J connectivity index is 1.60. The monoisotopic (exact) mass is 607 g/mol. The zero-order valence-electron chi connectivity index (χ0n) is 26.8. The van der Waals surface area contributed by atoms with E-state index >= 15 is 0 Å². The third-order valence-electron chi connectivity index (χ3n) is 10.1. The van der Waals surface area contributed by atoms with Crippen LogP contribution in [0.3, 0.4) is 0 Å². The van der Waals surface area contributed by atoms with Crippen LogP contribution >= 0.6 is 0 Å². The normalized spacial score (nSPS) is 27.1. The second kappa shape index (κ2) is 12.0. The third-order valence-corrected chi connectivity index (χ3v) is 10.1. The number of likely N-dealkylation sites (N-methyl/N-ethyl adjacent to an activating group) is 2. The minimum atomic E-state index is -2.17. The average molecular weight is 608 g/mol. The van der Waals surface area contributed by atoms with E-state index in [9.17, 15) is 24.9 Å². The molecule has 0 bridgehead atoms. The van der Waals surface area contributed by atoms with E-state index in [1.165, 1.54) is 20.0 Å². The van der Waals surface area contributed by atoms with Crippen molar-refractivity contribution in [1.82, 2.24) is 14.7 Å². The van der Waals surface area contributed by atoms with E-state index < -0.39 is 40.9 Å². The third kappa shape index (κ3) is 5.05. The number of fused-ring (bicyclic) bond motifs is 3. The summed E-state index contributed by atoms with van der Waals surface area (Å²) in [6.07, 6.45) is 3.18. The summed E-state index contributed by atoms with van der Waals surface area (Å²) in [6.45, 7) is 4.87. The molecule has 3 aliphatic carbocycles. The average Bonchev–Trinajstić information content (AvgIpc) is 3.46. The Kier molecular flexibility index (Phi) is 8.76. The number of nitrogens with zero attached hydrogens (tertiary/aromatic N) is 4. The molecule has 238 valence electrons. The molecular weight excluding hydrogens is 561 g/mol. The summed E-state index contributed by atoms with van der Waals surface area (Å²) >= 11 is 0. The van der Waals surface area contributed by atoms with Gasteiger partial charge >= 0.3 is 223 Å². The second-order valence-electron chi connectivity index (χ2n) is 13.2. The number of aliphatic hydroxyl groups is 3. The van der Waals surface area contributed by atoms with E-state index in [0.717, 1.165) is 43.0 Å². The van der Waals surface area contributed by atoms with Crippen LogP contribution in [0.1, 0.15) is 40.7 Å². The van der Waals surface area contributed by atoms with E-state index in [1.807, 2.05) is 25.1 Å². The molecular formula is C32H46BN5O6. The molecule has 0 radical (unpaired) electrons. The van der Waals surface area contributed by atoms with Crippen molar-refractivity contribution in [2.75, 3.05) is 73.4 Å². The molecule has 1 aromatic carbocycles. The Hall–Kier alpha value is -3.19. The first-order valence-electron chi connectivity index (χ1n) is 15.3. The van der Waals surface area contributed by atoms with Gasteiger partial charge in [0.25, 0.3) is 0 Å². The summed E-state index contributed by atoms with van der Waals surface area (Å²) in [4.78, 5) is 35.3. The number of nitrogens with two attached hydrogens (primary N) is 1. The number of ketones is 1. The van der Waals surface area contributed by atoms with Crippen molar-refractivity contribution >= 4 is 30.3 Å². The number of Topliss-reactive ketones (excluding diaryl/α,β-unsaturated/α-hetero) is 1. The fourth-order valence-corrected chi connectivity index (χ4v) is 8.05. The van der Waals surface area contributed by atoms with E-state index in [4.69, 9.17) is 10.5 Å². The first kappa shape index (κ1) is 32.2. The standard InChI is InChI=1S/C32H46BN5O6/c1-35(2)25-18(16-37(5)11-12-38-9-7-8-10-38)15-21(44-6)23-19(25)13-17-14-20-26(36(3)4)28(40)24(31(34)42)29(33)32(20,43)30(41)22(17)27(23)39/h15,17,20,26,33,40-41,43H,7-14,16H2,1-6H3,(H2,34,42)/t17-,20-,26-,32+/m0/s1. The van der Waals surface area contributed by atoms with Gasteiger partial charge in [0, 0.05) is 6.54 Å². The van der Waals surface area contributed by atoms with Crippen molar-refractivity contribution in [3.05, 3.63) is 45.4 Å². The Morgan fingerprint density at radius 1 is 1.18 bits per heavy atom. The number of amides is 1. The van der Waals surface area contributed by atoms with Gasteiger partial charge in [0.2, 0.25) is 0 Å². The Labute approximate surface area is 260 Å². The van der Waals surface area contributed by atoms with Crippen LogP contribution in [0.15, 0.2) is 28.7 Å². The number of carbonyl (C=O) groups is 2. The molecule has 12 heteroatoms. The first-order valence-corrected chi connectivity index (χ1v) is 15.3. The first-order chi connectivity index (χ1) is 20.7. The summed E-state index contributed by atoms with van der Waals surface area (Å²) in [5.41, 5.74) is 6.15. The van der Waals surface area contributed by atoms with Crippen LogP contribution in [0.5, 0.6) is 5.75 Å². The predicted molar refractivity (Wildman–Crippen MR) is 172 cm³/mol. The number of aliphatic hydroxyl groups excluding tert-OH is 2. The molecule has 4 atom stereocenters. The number of methoxy groups -OCH3 is 1. The molecule has 5 N–H and O–H groups in total. The van der Waals surface area contributed by atoms with Crippen LogP contribution in [0, 0.1) is 11.8 Å². The number of allylic oxidation sites excluding steroid dienone is 1. The number of hydrogen-bond donors (Lipinski definition) is 4. The second-order valence-corrected chi connectivity index (χ2v) is 13.2. The van der Waals surface area contributed by atoms with Crippen LogP contribution in [0.2, 0.25) is 0 Å². The molecule has 1 amide bonds. The summed E-state index contributed by atoms with van der Waals surface area (Å²) in [5.74, 6) is -3.07. The van der Waals surface area contributed by atoms with E-state index in [1.54, 1.807) is 19.0 Å². The molecule has 0 spiro atoms. The summed E-state index contributed by atoms with van der Waals surface area (Å²) in [5, 5.41) is 35.1. The van der Waals surface area contributed by atoms with Gasteiger partial charge in [-0.15, -0.1) is 0 Å². The van der Waals surface area contributed by atoms with Gasteiger partial charge in [0.1, 0.15) is 0 Å². The quantitative estimate of drug-likeness (QED) is 0.294. The molecule has 0 saturated carbocycles. The molecule has 5 rings (SSSR count). The van der Waals surface area contributed by atoms with Crippen LogP contribution in [0.25, 0.3) is 0 Å². The SMILES string of the molecule is B=C1C(C(N)=O)=C(O)[C@@H](N(C)C)[C@@H]2C[C@@H]3Cc4c(c(OC)cc(CN(C)CCN5CCCC5)c4N(C)C)C(=O)C3=C(O)[C@]12O. The van der Waals surface area contributed by atoms with Crippen molar-refractivity contribution in [2.45, 2.75) is 43.9 Å². The molecule has 1 heterocycles. The van der Waals surface area contributed by atoms with Gasteiger partial charge in [-0.2, -0.15) is 0 Å². The van der Waals surface area contributed by atoms with Crippen LogP contribution in [0.4, 0.5) is 5.69 Å². The van der Waals surface area contributed by atoms with E-state index in [0.29, 0.717) is 24.3 Å². The van der Waals surface area contributed by atoms with Crippen LogP contribution in [-0.4, -0.2) is 135 Å². The maximum atomic E-state index is 14.4. The van der Waals surface area contributed by atoms with Crippen LogP contribution in [-0.2, 0) is 17.8 Å². The van der Waals surface area contributed by atoms with E-state index in [-0.39, 0.29) is 28.8 Å². The molecule has 44 heavy (non-hydrogen) atoms. The van der Waals surface area contributed by atoms with E-state index in [2.05, 4.69) is 24.3 Å². The fraction of sp³-hybridized carbons (Fsp3) is 0.594. The van der Waals surface area contributed by atoms with Gasteiger partial charge in [-0.25, -0.2) is 0 Å². The summed E-state index contributed by atoms with van der Waals surface area (Å²) in [7, 11) is 14.9. The molecule has 0 aromatic heterocycles. The van der Waals surface area contributed by atoms with Gasteiger partial charge in [-0.3, -0.25) is 0 Å². The number of carbonyl (C=O) groups excluding carboxylic acids is 2. The molecule has 1 saturated heterocycles. The molecule has 11 nitrogen and oxygen atoms in total. The number of primary amides is 1. The molecule has 4 aliphatic rings. The van der Waals surface area contributed by atoms with Gasteiger partial charge < -0.3 is 4.90 Å². The topological polar surface area (TPSA) is 143 Å². The van der Waals surface area contributed by atoms with Gasteiger partial charge in [-0.05, 0) is 25.9 Å². The Morgan fingerprint density at radius 2 is 1.84 bits per heavy atom. The van der Waals surface area contributed by atoms with Crippen molar-refractivity contribution in [3.8, 4) is 5.75 Å². The van der Waals surface area contributed by atoms with Crippen molar-refractivity contribution in [3.63, 3.8) is 0 Å². The fourth-order valence-electron chi connectivity index (χ4n) is 8.05. The summed E-state index contributed by atoms with van der Waals surface area (Å²) in [6, 6.07) is 1.07. The number of anilines is 1. The zero-order valence-corrected chi connectivity index (χ0v) is 26.8. The Morgan fingerprint density at radius 3 is 2.41 bits per heavy atom. The molecule has 1 aliphatic heterocycles. The number of ether oxygens (including phenoxy) is 1. The van der Waals surface area contributed by atoms with Gasteiger partial charge in [0.15, 0.2) is 0 Å². The van der Waals surface area contributed by atoms with Crippen molar-refractivity contribution < 1.29 is 29.6 Å². The van der Waals surface area contributed by atoms with Gasteiger partial charge in [-0.1, -0.05) is 0 Å². The van der Waals surface area contributed by atoms with Crippen molar-refractivity contribution in [1.29, 1.82) is 0 Å². The number of hydrogen-bond acceptors (Lipinski definition) is 10. The van der Waals surface area contributed by atoms with Crippen LogP contribution < -0.4 is 15.4 Å². The minimum absolute atomic E-state index is 0.0820. The zero-order chi connectivity index (χ0) is 32.2. The number of benzene rings is 1. The number of likely N-dealkylation sites (tertiary alicyclic amines) is 1. The maximum absolute atomic E-state index is 14.4. The Bertz CT molecular complexity index is 1450. The number of rotatable bonds is 9. The van der Waals surface area contributed by atoms with Crippen molar-refractivity contribution in [2.24, 2.45) is 17.6 Å². The predicted octanol–water partition coefficient (Wildman–Crippen LogP) is 0.521. The molecule has 0 unspecified atom stereocenters. The summed E-state index contributed by atoms with van der Waals surface area (Å²) < 4.78 is 5.80. The van der Waals surface area contributed by atoms with Gasteiger partial charge in [0.05, 0.1) is 0 Å². The molecule has 1 aromatic rings. The molecule has 1 fully saturated rings.